The lowest BCUT2D eigenvalue weighted by molar-refractivity contribution is -0.138. The van der Waals surface area contributed by atoms with Crippen LogP contribution in [0, 0.1) is 18.3 Å². The lowest BCUT2D eigenvalue weighted by Crippen LogP contribution is -2.39. The van der Waals surface area contributed by atoms with Crippen LogP contribution in [0.15, 0.2) is 12.1 Å². The molecule has 1 saturated heterocycles. The number of rotatable bonds is 2. The second-order valence-electron chi connectivity index (χ2n) is 3.98. The average Bonchev–Trinajstić information content (AvgIpc) is 2.75. The monoisotopic (exact) mass is 280 g/mol. The highest BCUT2D eigenvalue weighted by Gasteiger charge is 2.40. The Hall–Kier alpha value is -2.26. The molecule has 19 heavy (non-hydrogen) atoms. The molecule has 7 heteroatoms. The molecule has 6 nitrogen and oxygen atoms in total. The van der Waals surface area contributed by atoms with Crippen LogP contribution in [0.1, 0.15) is 11.1 Å². The minimum Gasteiger partial charge on any atom is -0.480 e. The molecular formula is C12H9ClN2O4. The smallest absolute Gasteiger partial charge is 0.415 e. The molecule has 1 fully saturated rings. The first-order chi connectivity index (χ1) is 8.97. The Morgan fingerprint density at radius 1 is 1.63 bits per heavy atom. The first-order valence-corrected chi connectivity index (χ1v) is 5.73. The van der Waals surface area contributed by atoms with Gasteiger partial charge in [0.2, 0.25) is 0 Å². The fourth-order valence-corrected chi connectivity index (χ4v) is 2.09. The highest BCUT2D eigenvalue weighted by Crippen LogP contribution is 2.33. The zero-order valence-electron chi connectivity index (χ0n) is 9.88. The average molecular weight is 281 g/mol. The zero-order valence-corrected chi connectivity index (χ0v) is 10.6. The third kappa shape index (κ3) is 2.09. The number of halogens is 1. The van der Waals surface area contributed by atoms with Gasteiger partial charge in [-0.25, -0.2) is 9.59 Å². The van der Waals surface area contributed by atoms with Crippen LogP contribution in [0.4, 0.5) is 10.5 Å². The molecule has 98 valence electrons. The van der Waals surface area contributed by atoms with E-state index in [1.165, 1.54) is 12.1 Å². The molecular weight excluding hydrogens is 272 g/mol. The molecule has 1 unspecified atom stereocenters. The molecule has 2 rings (SSSR count). The van der Waals surface area contributed by atoms with Crippen LogP contribution in [0.5, 0.6) is 0 Å². The summed E-state index contributed by atoms with van der Waals surface area (Å²) in [5.41, 5.74) is 1.06. The van der Waals surface area contributed by atoms with Gasteiger partial charge in [-0.05, 0) is 24.6 Å². The van der Waals surface area contributed by atoms with Gasteiger partial charge in [0.15, 0.2) is 6.04 Å². The number of anilines is 1. The van der Waals surface area contributed by atoms with Crippen LogP contribution in [-0.4, -0.2) is 29.8 Å². The van der Waals surface area contributed by atoms with Gasteiger partial charge in [-0.1, -0.05) is 11.6 Å². The van der Waals surface area contributed by atoms with Crippen LogP contribution in [0.25, 0.3) is 0 Å². The number of carboxylic acid groups (broad SMARTS) is 1. The third-order valence-corrected chi connectivity index (χ3v) is 3.38. The minimum absolute atomic E-state index is 0.198. The molecule has 1 aromatic carbocycles. The van der Waals surface area contributed by atoms with Gasteiger partial charge in [0.1, 0.15) is 12.7 Å². The summed E-state index contributed by atoms with van der Waals surface area (Å²) in [6.07, 6.45) is -0.740. The summed E-state index contributed by atoms with van der Waals surface area (Å²) in [6.45, 7) is 1.40. The van der Waals surface area contributed by atoms with E-state index in [2.05, 4.69) is 0 Å². The number of carbonyl (C=O) groups is 2. The van der Waals surface area contributed by atoms with Gasteiger partial charge in [0, 0.05) is 0 Å². The van der Waals surface area contributed by atoms with E-state index < -0.39 is 18.1 Å². The van der Waals surface area contributed by atoms with E-state index >= 15 is 0 Å². The van der Waals surface area contributed by atoms with E-state index in [1.54, 1.807) is 6.92 Å². The van der Waals surface area contributed by atoms with Gasteiger partial charge < -0.3 is 9.84 Å². The lowest BCUT2D eigenvalue weighted by Gasteiger charge is -2.21. The Morgan fingerprint density at radius 3 is 2.89 bits per heavy atom. The maximum absolute atomic E-state index is 11.6. The topological polar surface area (TPSA) is 90.6 Å². The zero-order chi connectivity index (χ0) is 14.2. The van der Waals surface area contributed by atoms with Crippen molar-refractivity contribution in [3.05, 3.63) is 28.3 Å². The normalized spacial score (nSPS) is 18.1. The molecule has 1 N–H and O–H groups in total. The molecule has 0 aromatic heterocycles. The van der Waals surface area contributed by atoms with E-state index in [0.717, 1.165) is 4.90 Å². The molecule has 1 amide bonds. The number of hydrogen-bond acceptors (Lipinski definition) is 4. The van der Waals surface area contributed by atoms with Crippen LogP contribution < -0.4 is 4.90 Å². The maximum Gasteiger partial charge on any atom is 0.415 e. The van der Waals surface area contributed by atoms with Gasteiger partial charge in [0.05, 0.1) is 16.3 Å². The maximum atomic E-state index is 11.6. The Kier molecular flexibility index (Phi) is 3.32. The SMILES string of the molecule is Cc1c(N2C(=O)OCC2C(=O)O)ccc(C#N)c1Cl. The molecule has 0 bridgehead atoms. The molecule has 1 aliphatic rings. The van der Waals surface area contributed by atoms with Crippen molar-refractivity contribution in [3.8, 4) is 6.07 Å². The first-order valence-electron chi connectivity index (χ1n) is 5.35. The fraction of sp³-hybridized carbons (Fsp3) is 0.250. The van der Waals surface area contributed by atoms with E-state index in [4.69, 9.17) is 26.7 Å². The summed E-state index contributed by atoms with van der Waals surface area (Å²) in [6, 6.07) is 3.76. The Labute approximate surface area is 113 Å². The van der Waals surface area contributed by atoms with Gasteiger partial charge >= 0.3 is 12.1 Å². The summed E-state index contributed by atoms with van der Waals surface area (Å²) in [4.78, 5) is 23.8. The van der Waals surface area contributed by atoms with Crippen molar-refractivity contribution in [1.82, 2.24) is 0 Å². The fourth-order valence-electron chi connectivity index (χ4n) is 1.89. The van der Waals surface area contributed by atoms with Crippen LogP contribution in [-0.2, 0) is 9.53 Å². The van der Waals surface area contributed by atoms with Crippen molar-refractivity contribution in [2.75, 3.05) is 11.5 Å². The van der Waals surface area contributed by atoms with Gasteiger partial charge in [-0.15, -0.1) is 0 Å². The predicted molar refractivity (Wildman–Crippen MR) is 66.2 cm³/mol. The standard InChI is InChI=1S/C12H9ClN2O4/c1-6-8(3-2-7(4-14)10(6)13)15-9(11(16)17)5-19-12(15)18/h2-3,9H,5H2,1H3,(H,16,17). The number of carbonyl (C=O) groups excluding carboxylic acids is 1. The third-order valence-electron chi connectivity index (χ3n) is 2.90. The number of aliphatic carboxylic acids is 1. The number of hydrogen-bond donors (Lipinski definition) is 1. The number of amides is 1. The van der Waals surface area contributed by atoms with Crippen molar-refractivity contribution in [3.63, 3.8) is 0 Å². The van der Waals surface area contributed by atoms with Crippen LogP contribution in [0.3, 0.4) is 0 Å². The van der Waals surface area contributed by atoms with E-state index in [9.17, 15) is 9.59 Å². The molecule has 1 aromatic rings. The molecule has 0 spiro atoms. The summed E-state index contributed by atoms with van der Waals surface area (Å²) in [5.74, 6) is -1.16. The van der Waals surface area contributed by atoms with Crippen molar-refractivity contribution in [1.29, 1.82) is 5.26 Å². The van der Waals surface area contributed by atoms with E-state index in [0.29, 0.717) is 11.3 Å². The summed E-state index contributed by atoms with van der Waals surface area (Å²) in [5, 5.41) is 18.1. The number of cyclic esters (lactones) is 1. The number of benzene rings is 1. The number of carboxylic acids is 1. The number of ether oxygens (including phenoxy) is 1. The highest BCUT2D eigenvalue weighted by atomic mass is 35.5. The number of nitrogens with zero attached hydrogens (tertiary/aromatic N) is 2. The predicted octanol–water partition coefficient (Wildman–Crippen LogP) is 1.93. The second kappa shape index (κ2) is 4.78. The van der Waals surface area contributed by atoms with Gasteiger partial charge in [-0.2, -0.15) is 5.26 Å². The molecule has 1 heterocycles. The number of nitriles is 1. The molecule has 0 saturated carbocycles. The van der Waals surface area contributed by atoms with E-state index in [1.807, 2.05) is 6.07 Å². The summed E-state index contributed by atoms with van der Waals surface area (Å²) >= 11 is 6.00. The first kappa shape index (κ1) is 13.2. The summed E-state index contributed by atoms with van der Waals surface area (Å²) < 4.78 is 4.74. The summed E-state index contributed by atoms with van der Waals surface area (Å²) in [7, 11) is 0. The highest BCUT2D eigenvalue weighted by molar-refractivity contribution is 6.33. The van der Waals surface area contributed by atoms with Crippen molar-refractivity contribution in [2.24, 2.45) is 0 Å². The molecule has 0 radical (unpaired) electrons. The second-order valence-corrected chi connectivity index (χ2v) is 4.36. The van der Waals surface area contributed by atoms with Crippen molar-refractivity contribution >= 4 is 29.4 Å². The van der Waals surface area contributed by atoms with Crippen LogP contribution in [0.2, 0.25) is 5.02 Å². The van der Waals surface area contributed by atoms with Gasteiger partial charge in [-0.3, -0.25) is 4.90 Å². The Bertz CT molecular complexity index is 608. The largest absolute Gasteiger partial charge is 0.480 e. The van der Waals surface area contributed by atoms with Crippen LogP contribution >= 0.6 is 11.6 Å². The molecule has 1 aliphatic heterocycles. The van der Waals surface area contributed by atoms with Crippen molar-refractivity contribution in [2.45, 2.75) is 13.0 Å². The molecule has 1 atom stereocenters. The Morgan fingerprint density at radius 2 is 2.32 bits per heavy atom. The van der Waals surface area contributed by atoms with Gasteiger partial charge in [0.25, 0.3) is 0 Å². The minimum atomic E-state index is -1.16. The lowest BCUT2D eigenvalue weighted by atomic mass is 10.1. The Balaban J connectivity index is 2.52. The van der Waals surface area contributed by atoms with E-state index in [-0.39, 0.29) is 17.2 Å². The van der Waals surface area contributed by atoms with Crippen molar-refractivity contribution < 1.29 is 19.4 Å². The molecule has 0 aliphatic carbocycles. The quantitative estimate of drug-likeness (QED) is 0.894.